The first-order valence-electron chi connectivity index (χ1n) is 8.24. The maximum absolute atomic E-state index is 12.7. The summed E-state index contributed by atoms with van der Waals surface area (Å²) >= 11 is 0. The summed E-state index contributed by atoms with van der Waals surface area (Å²) in [6.07, 6.45) is 1.85. The Morgan fingerprint density at radius 1 is 1.16 bits per heavy atom. The van der Waals surface area contributed by atoms with E-state index >= 15 is 0 Å². The molecule has 1 aromatic heterocycles. The highest BCUT2D eigenvalue weighted by atomic mass is 16.5. The lowest BCUT2D eigenvalue weighted by atomic mass is 10.1. The van der Waals surface area contributed by atoms with Crippen molar-refractivity contribution in [1.29, 1.82) is 0 Å². The van der Waals surface area contributed by atoms with Gasteiger partial charge in [0, 0.05) is 11.1 Å². The molecular formula is C19H22N4O2. The van der Waals surface area contributed by atoms with Crippen molar-refractivity contribution in [3.05, 3.63) is 54.2 Å². The van der Waals surface area contributed by atoms with Crippen LogP contribution in [0.15, 0.2) is 48.7 Å². The van der Waals surface area contributed by atoms with E-state index in [-0.39, 0.29) is 12.0 Å². The number of amides is 1. The lowest BCUT2D eigenvalue weighted by molar-refractivity contribution is -0.118. The number of aromatic nitrogens is 2. The fraction of sp³-hybridized carbons (Fsp3) is 0.263. The second-order valence-corrected chi connectivity index (χ2v) is 6.12. The van der Waals surface area contributed by atoms with E-state index in [2.05, 4.69) is 20.8 Å². The van der Waals surface area contributed by atoms with Crippen molar-refractivity contribution in [3.63, 3.8) is 0 Å². The van der Waals surface area contributed by atoms with Gasteiger partial charge in [0.1, 0.15) is 11.8 Å². The highest BCUT2D eigenvalue weighted by Gasteiger charge is 2.19. The highest BCUT2D eigenvalue weighted by Crippen LogP contribution is 2.22. The van der Waals surface area contributed by atoms with E-state index < -0.39 is 6.04 Å². The number of benzene rings is 2. The van der Waals surface area contributed by atoms with Crippen molar-refractivity contribution in [3.8, 4) is 5.75 Å². The van der Waals surface area contributed by atoms with Crippen LogP contribution in [-0.2, 0) is 4.79 Å². The minimum absolute atomic E-state index is 0.118. The molecule has 0 aliphatic heterocycles. The predicted molar refractivity (Wildman–Crippen MR) is 98.7 cm³/mol. The summed E-state index contributed by atoms with van der Waals surface area (Å²) in [6.45, 7) is 3.96. The second kappa shape index (κ2) is 7.36. The number of ether oxygens (including phenoxy) is 1. The third kappa shape index (κ3) is 3.97. The maximum Gasteiger partial charge on any atom is 0.246 e. The van der Waals surface area contributed by atoms with Gasteiger partial charge in [0.15, 0.2) is 0 Å². The van der Waals surface area contributed by atoms with Crippen LogP contribution >= 0.6 is 0 Å². The molecule has 6 heteroatoms. The number of hydrogen-bond donors (Lipinski definition) is 3. The van der Waals surface area contributed by atoms with Crippen molar-refractivity contribution < 1.29 is 9.53 Å². The van der Waals surface area contributed by atoms with Crippen molar-refractivity contribution in [1.82, 2.24) is 15.5 Å². The molecule has 2 aromatic carbocycles. The third-order valence-electron chi connectivity index (χ3n) is 3.84. The molecule has 25 heavy (non-hydrogen) atoms. The van der Waals surface area contributed by atoms with Crippen LogP contribution in [0.2, 0.25) is 0 Å². The fourth-order valence-electron chi connectivity index (χ4n) is 2.70. The number of H-pyrrole nitrogens is 1. The van der Waals surface area contributed by atoms with Gasteiger partial charge in [-0.05, 0) is 56.8 Å². The number of hydrogen-bond acceptors (Lipinski definition) is 4. The fourth-order valence-corrected chi connectivity index (χ4v) is 2.70. The Morgan fingerprint density at radius 2 is 1.92 bits per heavy atom. The van der Waals surface area contributed by atoms with E-state index in [0.717, 1.165) is 27.9 Å². The van der Waals surface area contributed by atoms with Crippen LogP contribution < -0.4 is 15.4 Å². The number of nitrogens with one attached hydrogen (secondary N) is 3. The van der Waals surface area contributed by atoms with Crippen LogP contribution in [0.25, 0.3) is 10.9 Å². The molecule has 3 N–H and O–H groups in total. The molecule has 6 nitrogen and oxygen atoms in total. The van der Waals surface area contributed by atoms with E-state index in [0.29, 0.717) is 0 Å². The Kier molecular flexibility index (Phi) is 5.00. The smallest absolute Gasteiger partial charge is 0.246 e. The van der Waals surface area contributed by atoms with E-state index in [4.69, 9.17) is 4.74 Å². The van der Waals surface area contributed by atoms with Gasteiger partial charge in [0.05, 0.1) is 17.8 Å². The molecule has 130 valence electrons. The zero-order chi connectivity index (χ0) is 17.8. The molecule has 0 radical (unpaired) electrons. The Labute approximate surface area is 146 Å². The molecule has 0 saturated heterocycles. The number of carbonyl (C=O) groups excluding carboxylic acids is 1. The molecule has 1 amide bonds. The summed E-state index contributed by atoms with van der Waals surface area (Å²) in [5, 5.41) is 13.8. The van der Waals surface area contributed by atoms with Gasteiger partial charge in [0.2, 0.25) is 5.91 Å². The van der Waals surface area contributed by atoms with Crippen LogP contribution in [-0.4, -0.2) is 29.3 Å². The van der Waals surface area contributed by atoms with Crippen molar-refractivity contribution in [2.45, 2.75) is 26.0 Å². The largest absolute Gasteiger partial charge is 0.491 e. The quantitative estimate of drug-likeness (QED) is 0.645. The zero-order valence-electron chi connectivity index (χ0n) is 14.5. The lowest BCUT2D eigenvalue weighted by Gasteiger charge is -2.17. The molecule has 1 heterocycles. The Balaban J connectivity index is 1.74. The Morgan fingerprint density at radius 3 is 2.60 bits per heavy atom. The van der Waals surface area contributed by atoms with Gasteiger partial charge in [-0.2, -0.15) is 5.10 Å². The van der Waals surface area contributed by atoms with Gasteiger partial charge in [0.25, 0.3) is 0 Å². The average molecular weight is 338 g/mol. The molecule has 0 fully saturated rings. The maximum atomic E-state index is 12.7. The summed E-state index contributed by atoms with van der Waals surface area (Å²) in [7, 11) is 1.77. The lowest BCUT2D eigenvalue weighted by Crippen LogP contribution is -2.30. The summed E-state index contributed by atoms with van der Waals surface area (Å²) in [5.74, 6) is 0.669. The summed E-state index contributed by atoms with van der Waals surface area (Å²) in [6, 6.07) is 12.7. The van der Waals surface area contributed by atoms with Crippen LogP contribution in [0.1, 0.15) is 25.5 Å². The van der Waals surface area contributed by atoms with Gasteiger partial charge in [-0.25, -0.2) is 0 Å². The molecule has 3 aromatic rings. The summed E-state index contributed by atoms with van der Waals surface area (Å²) in [5.41, 5.74) is 2.54. The molecule has 0 aliphatic rings. The van der Waals surface area contributed by atoms with Crippen LogP contribution in [0.5, 0.6) is 5.75 Å². The van der Waals surface area contributed by atoms with Gasteiger partial charge in [-0.3, -0.25) is 9.89 Å². The monoisotopic (exact) mass is 338 g/mol. The number of likely N-dealkylation sites (N-methyl/N-ethyl adjacent to an activating group) is 1. The number of aromatic amines is 1. The summed E-state index contributed by atoms with van der Waals surface area (Å²) < 4.78 is 5.64. The number of nitrogens with zero attached hydrogens (tertiary/aromatic N) is 1. The first-order valence-corrected chi connectivity index (χ1v) is 8.24. The van der Waals surface area contributed by atoms with Crippen molar-refractivity contribution in [2.24, 2.45) is 0 Å². The highest BCUT2D eigenvalue weighted by molar-refractivity contribution is 5.97. The van der Waals surface area contributed by atoms with Gasteiger partial charge in [-0.1, -0.05) is 12.1 Å². The molecule has 0 bridgehead atoms. The van der Waals surface area contributed by atoms with Crippen molar-refractivity contribution in [2.75, 3.05) is 12.4 Å². The van der Waals surface area contributed by atoms with Gasteiger partial charge >= 0.3 is 0 Å². The number of rotatable bonds is 6. The SMILES string of the molecule is CNC(C(=O)Nc1ccc2[nH]ncc2c1)c1ccc(OC(C)C)cc1. The molecule has 1 unspecified atom stereocenters. The van der Waals surface area contributed by atoms with E-state index in [1.54, 1.807) is 13.2 Å². The molecule has 0 aliphatic carbocycles. The van der Waals surface area contributed by atoms with Crippen LogP contribution in [0, 0.1) is 0 Å². The first-order chi connectivity index (χ1) is 12.1. The molecule has 3 rings (SSSR count). The van der Waals surface area contributed by atoms with Crippen LogP contribution in [0.3, 0.4) is 0 Å². The standard InChI is InChI=1S/C19H22N4O2/c1-12(2)25-16-7-4-13(5-8-16)18(20-3)19(24)22-15-6-9-17-14(10-15)11-21-23-17/h4-12,18,20H,1-3H3,(H,21,23)(H,22,24). The normalized spacial score (nSPS) is 12.3. The number of anilines is 1. The number of fused-ring (bicyclic) bond motifs is 1. The van der Waals surface area contributed by atoms with E-state index in [1.807, 2.05) is 56.3 Å². The number of carbonyl (C=O) groups is 1. The molecule has 0 saturated carbocycles. The topological polar surface area (TPSA) is 79.0 Å². The molecule has 1 atom stereocenters. The van der Waals surface area contributed by atoms with Crippen molar-refractivity contribution >= 4 is 22.5 Å². The zero-order valence-corrected chi connectivity index (χ0v) is 14.5. The predicted octanol–water partition coefficient (Wildman–Crippen LogP) is 3.25. The van der Waals surface area contributed by atoms with Crippen LogP contribution in [0.4, 0.5) is 5.69 Å². The third-order valence-corrected chi connectivity index (χ3v) is 3.84. The minimum Gasteiger partial charge on any atom is -0.491 e. The van der Waals surface area contributed by atoms with E-state index in [1.165, 1.54) is 0 Å². The molecule has 0 spiro atoms. The Bertz CT molecular complexity index is 855. The minimum atomic E-state index is -0.451. The van der Waals surface area contributed by atoms with Gasteiger partial charge in [-0.15, -0.1) is 0 Å². The second-order valence-electron chi connectivity index (χ2n) is 6.12. The molecular weight excluding hydrogens is 316 g/mol. The Hall–Kier alpha value is -2.86. The first kappa shape index (κ1) is 17.0. The summed E-state index contributed by atoms with van der Waals surface area (Å²) in [4.78, 5) is 12.7. The van der Waals surface area contributed by atoms with Gasteiger partial charge < -0.3 is 15.4 Å². The van der Waals surface area contributed by atoms with E-state index in [9.17, 15) is 4.79 Å². The average Bonchev–Trinajstić information content (AvgIpc) is 3.04.